The molecule has 0 saturated carbocycles. The molecule has 4 aromatic rings. The molecule has 0 fully saturated rings. The van der Waals surface area contributed by atoms with E-state index < -0.39 is 5.97 Å². The molecule has 0 amide bonds. The molecule has 0 spiro atoms. The Kier molecular flexibility index (Phi) is 6.80. The van der Waals surface area contributed by atoms with Crippen LogP contribution < -0.4 is 0 Å². The lowest BCUT2D eigenvalue weighted by molar-refractivity contribution is -0.136. The van der Waals surface area contributed by atoms with E-state index in [9.17, 15) is 9.90 Å². The predicted octanol–water partition coefficient (Wildman–Crippen LogP) is 6.04. The number of phenolic OH excluding ortho intramolecular Hbond substituents is 1. The minimum Gasteiger partial charge on any atom is -0.507 e. The fourth-order valence-corrected chi connectivity index (χ4v) is 2.96. The molecule has 3 nitrogen and oxygen atoms in total. The van der Waals surface area contributed by atoms with Crippen molar-refractivity contribution >= 4 is 5.97 Å². The number of para-hydroxylation sites is 1. The lowest BCUT2D eigenvalue weighted by atomic mass is 10.0. The van der Waals surface area contributed by atoms with Crippen LogP contribution >= 0.6 is 0 Å². The molecule has 4 aromatic carbocycles. The van der Waals surface area contributed by atoms with E-state index in [4.69, 9.17) is 5.11 Å². The number of carboxylic acids is 1. The van der Waals surface area contributed by atoms with Crippen LogP contribution in [0.5, 0.6) is 5.75 Å². The van der Waals surface area contributed by atoms with Crippen LogP contribution in [0.2, 0.25) is 0 Å². The maximum absolute atomic E-state index is 10.5. The largest absolute Gasteiger partial charge is 0.507 e. The molecular weight excluding hydrogens is 360 g/mol. The number of benzene rings is 4. The summed E-state index contributed by atoms with van der Waals surface area (Å²) in [5, 5.41) is 18.2. The Morgan fingerprint density at radius 1 is 0.586 bits per heavy atom. The summed E-state index contributed by atoms with van der Waals surface area (Å²) in [6, 6.07) is 34.8. The molecule has 0 radical (unpaired) electrons. The third-order valence-corrected chi connectivity index (χ3v) is 4.41. The monoisotopic (exact) mass is 382 g/mol. The van der Waals surface area contributed by atoms with Crippen LogP contribution in [0, 0.1) is 0 Å². The summed E-state index contributed by atoms with van der Waals surface area (Å²) in [6.07, 6.45) is 0.0784. The first-order valence-electron chi connectivity index (χ1n) is 9.33. The molecule has 0 saturated heterocycles. The zero-order valence-electron chi connectivity index (χ0n) is 15.9. The molecule has 0 bridgehead atoms. The summed E-state index contributed by atoms with van der Waals surface area (Å²) >= 11 is 0. The summed E-state index contributed by atoms with van der Waals surface area (Å²) in [7, 11) is 0. The van der Waals surface area contributed by atoms with Crippen molar-refractivity contribution in [2.24, 2.45) is 0 Å². The van der Waals surface area contributed by atoms with E-state index in [0.29, 0.717) is 5.75 Å². The van der Waals surface area contributed by atoms with E-state index in [1.807, 2.05) is 103 Å². The average molecular weight is 382 g/mol. The average Bonchev–Trinajstić information content (AvgIpc) is 2.76. The highest BCUT2D eigenvalue weighted by atomic mass is 16.4. The number of rotatable bonds is 4. The molecule has 0 heterocycles. The van der Waals surface area contributed by atoms with Crippen LogP contribution in [0.1, 0.15) is 5.56 Å². The maximum Gasteiger partial charge on any atom is 0.307 e. The summed E-state index contributed by atoms with van der Waals surface area (Å²) in [4.78, 5) is 10.5. The molecule has 144 valence electrons. The number of carbonyl (C=O) groups is 1. The first kappa shape index (κ1) is 19.9. The molecule has 0 aliphatic heterocycles. The van der Waals surface area contributed by atoms with Gasteiger partial charge in [0.05, 0.1) is 6.42 Å². The zero-order valence-corrected chi connectivity index (χ0v) is 15.9. The highest BCUT2D eigenvalue weighted by molar-refractivity contribution is 5.71. The minimum atomic E-state index is -0.799. The fourth-order valence-electron chi connectivity index (χ4n) is 2.96. The van der Waals surface area contributed by atoms with Gasteiger partial charge in [-0.3, -0.25) is 4.79 Å². The van der Waals surface area contributed by atoms with Gasteiger partial charge in [-0.15, -0.1) is 0 Å². The Labute approximate surface area is 170 Å². The SMILES string of the molecule is O=C(O)Cc1ccc(-c2ccccc2)cc1.Oc1ccccc1-c1ccccc1. The standard InChI is InChI=1S/C14H12O2.C12H10O/c15-14(16)10-11-6-8-13(9-7-11)12-4-2-1-3-5-12;13-12-9-5-4-8-11(12)10-6-2-1-3-7-10/h1-9H,10H2,(H,15,16);1-9,13H. The second kappa shape index (κ2) is 9.90. The first-order valence-corrected chi connectivity index (χ1v) is 9.33. The number of aliphatic carboxylic acids is 1. The number of phenols is 1. The molecule has 2 N–H and O–H groups in total. The van der Waals surface area contributed by atoms with Crippen molar-refractivity contribution in [1.29, 1.82) is 0 Å². The van der Waals surface area contributed by atoms with Gasteiger partial charge in [0.15, 0.2) is 0 Å². The van der Waals surface area contributed by atoms with Gasteiger partial charge < -0.3 is 10.2 Å². The number of hydrogen-bond acceptors (Lipinski definition) is 2. The quantitative estimate of drug-likeness (QED) is 0.452. The number of aromatic hydroxyl groups is 1. The van der Waals surface area contributed by atoms with Gasteiger partial charge in [0, 0.05) is 5.56 Å². The van der Waals surface area contributed by atoms with Gasteiger partial charge in [-0.2, -0.15) is 0 Å². The summed E-state index contributed by atoms with van der Waals surface area (Å²) in [5.41, 5.74) is 5.00. The molecule has 3 heteroatoms. The molecule has 29 heavy (non-hydrogen) atoms. The van der Waals surface area contributed by atoms with Gasteiger partial charge in [-0.1, -0.05) is 103 Å². The lowest BCUT2D eigenvalue weighted by Gasteiger charge is -2.02. The van der Waals surface area contributed by atoms with E-state index in [2.05, 4.69) is 0 Å². The topological polar surface area (TPSA) is 57.5 Å². The van der Waals surface area contributed by atoms with E-state index in [-0.39, 0.29) is 6.42 Å². The third kappa shape index (κ3) is 5.81. The van der Waals surface area contributed by atoms with Gasteiger partial charge in [0.25, 0.3) is 0 Å². The number of hydrogen-bond donors (Lipinski definition) is 2. The maximum atomic E-state index is 10.5. The molecule has 0 atom stereocenters. The van der Waals surface area contributed by atoms with Crippen molar-refractivity contribution < 1.29 is 15.0 Å². The van der Waals surface area contributed by atoms with Crippen molar-refractivity contribution in [3.8, 4) is 28.0 Å². The van der Waals surface area contributed by atoms with Gasteiger partial charge >= 0.3 is 5.97 Å². The molecule has 0 aromatic heterocycles. The van der Waals surface area contributed by atoms with E-state index in [1.54, 1.807) is 6.07 Å². The Bertz CT molecular complexity index is 1040. The van der Waals surface area contributed by atoms with Crippen LogP contribution in [0.4, 0.5) is 0 Å². The van der Waals surface area contributed by atoms with Gasteiger partial charge in [-0.25, -0.2) is 0 Å². The Balaban J connectivity index is 0.000000169. The predicted molar refractivity (Wildman–Crippen MR) is 117 cm³/mol. The smallest absolute Gasteiger partial charge is 0.307 e. The van der Waals surface area contributed by atoms with Gasteiger partial charge in [-0.05, 0) is 28.3 Å². The van der Waals surface area contributed by atoms with Crippen LogP contribution in [0.25, 0.3) is 22.3 Å². The molecule has 0 unspecified atom stereocenters. The first-order chi connectivity index (χ1) is 14.1. The van der Waals surface area contributed by atoms with Gasteiger partial charge in [0.1, 0.15) is 5.75 Å². The zero-order chi connectivity index (χ0) is 20.5. The summed E-state index contributed by atoms with van der Waals surface area (Å²) in [6.45, 7) is 0. The van der Waals surface area contributed by atoms with Crippen molar-refractivity contribution in [2.75, 3.05) is 0 Å². The Morgan fingerprint density at radius 3 is 1.62 bits per heavy atom. The van der Waals surface area contributed by atoms with Crippen molar-refractivity contribution in [2.45, 2.75) is 6.42 Å². The minimum absolute atomic E-state index is 0.0784. The molecular formula is C26H22O3. The normalized spacial score (nSPS) is 9.93. The third-order valence-electron chi connectivity index (χ3n) is 4.41. The fraction of sp³-hybridized carbons (Fsp3) is 0.0385. The molecule has 4 rings (SSSR count). The van der Waals surface area contributed by atoms with E-state index in [1.165, 1.54) is 0 Å². The summed E-state index contributed by atoms with van der Waals surface area (Å²) < 4.78 is 0. The highest BCUT2D eigenvalue weighted by Crippen LogP contribution is 2.27. The second-order valence-corrected chi connectivity index (χ2v) is 6.52. The molecule has 0 aliphatic carbocycles. The Morgan fingerprint density at radius 2 is 1.07 bits per heavy atom. The highest BCUT2D eigenvalue weighted by Gasteiger charge is 2.01. The Hall–Kier alpha value is -3.85. The van der Waals surface area contributed by atoms with Crippen LogP contribution in [-0.2, 0) is 11.2 Å². The van der Waals surface area contributed by atoms with Crippen LogP contribution in [0.15, 0.2) is 109 Å². The van der Waals surface area contributed by atoms with Crippen molar-refractivity contribution in [3.05, 3.63) is 115 Å². The van der Waals surface area contributed by atoms with Crippen LogP contribution in [-0.4, -0.2) is 16.2 Å². The van der Waals surface area contributed by atoms with Crippen molar-refractivity contribution in [1.82, 2.24) is 0 Å². The van der Waals surface area contributed by atoms with Gasteiger partial charge in [0.2, 0.25) is 0 Å². The van der Waals surface area contributed by atoms with Crippen molar-refractivity contribution in [3.63, 3.8) is 0 Å². The number of carboxylic acid groups (broad SMARTS) is 1. The summed E-state index contributed by atoms with van der Waals surface area (Å²) in [5.74, 6) is -0.471. The lowest BCUT2D eigenvalue weighted by Crippen LogP contribution is -1.99. The van der Waals surface area contributed by atoms with Crippen LogP contribution in [0.3, 0.4) is 0 Å². The molecule has 0 aliphatic rings. The van der Waals surface area contributed by atoms with E-state index in [0.717, 1.165) is 27.8 Å². The van der Waals surface area contributed by atoms with E-state index >= 15 is 0 Å². The second-order valence-electron chi connectivity index (χ2n) is 6.52.